The SMILES string of the molecule is C1=C[C@@H]2C=CO[C@@H]2C=C1. The lowest BCUT2D eigenvalue weighted by Crippen LogP contribution is -2.12. The van der Waals surface area contributed by atoms with Crippen LogP contribution in [0.15, 0.2) is 36.6 Å². The summed E-state index contributed by atoms with van der Waals surface area (Å²) < 4.78 is 5.24. The Bertz CT molecular complexity index is 189. The van der Waals surface area contributed by atoms with Gasteiger partial charge in [-0.2, -0.15) is 0 Å². The zero-order chi connectivity index (χ0) is 6.10. The van der Waals surface area contributed by atoms with E-state index in [0.717, 1.165) is 0 Å². The lowest BCUT2D eigenvalue weighted by atomic mass is 10.00. The fourth-order valence-electron chi connectivity index (χ4n) is 1.14. The van der Waals surface area contributed by atoms with Crippen molar-refractivity contribution in [3.8, 4) is 0 Å². The van der Waals surface area contributed by atoms with Gasteiger partial charge in [-0.3, -0.25) is 0 Å². The van der Waals surface area contributed by atoms with Crippen LogP contribution in [-0.2, 0) is 4.74 Å². The molecule has 0 bridgehead atoms. The van der Waals surface area contributed by atoms with Gasteiger partial charge in [0.25, 0.3) is 0 Å². The molecule has 0 spiro atoms. The molecule has 1 nitrogen and oxygen atoms in total. The number of fused-ring (bicyclic) bond motifs is 1. The van der Waals surface area contributed by atoms with Gasteiger partial charge < -0.3 is 4.74 Å². The number of allylic oxidation sites excluding steroid dienone is 2. The van der Waals surface area contributed by atoms with E-state index in [-0.39, 0.29) is 6.10 Å². The fourth-order valence-corrected chi connectivity index (χ4v) is 1.14. The third-order valence-electron chi connectivity index (χ3n) is 1.66. The molecular weight excluding hydrogens is 112 g/mol. The third kappa shape index (κ3) is 0.689. The van der Waals surface area contributed by atoms with Gasteiger partial charge in [0.1, 0.15) is 6.10 Å². The van der Waals surface area contributed by atoms with Gasteiger partial charge in [-0.1, -0.05) is 18.2 Å². The zero-order valence-electron chi connectivity index (χ0n) is 5.03. The normalized spacial score (nSPS) is 36.4. The number of rotatable bonds is 0. The summed E-state index contributed by atoms with van der Waals surface area (Å²) in [6, 6.07) is 0. The molecule has 0 N–H and O–H groups in total. The van der Waals surface area contributed by atoms with Crippen molar-refractivity contribution in [2.24, 2.45) is 5.92 Å². The Hall–Kier alpha value is -0.980. The molecule has 0 fully saturated rings. The maximum absolute atomic E-state index is 5.24. The van der Waals surface area contributed by atoms with Crippen molar-refractivity contribution >= 4 is 0 Å². The minimum absolute atomic E-state index is 0.287. The lowest BCUT2D eigenvalue weighted by molar-refractivity contribution is 0.192. The summed E-state index contributed by atoms with van der Waals surface area (Å²) in [7, 11) is 0. The average Bonchev–Trinajstić information content (AvgIpc) is 2.33. The van der Waals surface area contributed by atoms with Gasteiger partial charge in [-0.05, 0) is 12.2 Å². The van der Waals surface area contributed by atoms with Gasteiger partial charge >= 0.3 is 0 Å². The highest BCUT2D eigenvalue weighted by Gasteiger charge is 2.20. The van der Waals surface area contributed by atoms with Crippen molar-refractivity contribution in [2.45, 2.75) is 6.10 Å². The number of hydrogen-bond donors (Lipinski definition) is 0. The Kier molecular flexibility index (Phi) is 0.950. The van der Waals surface area contributed by atoms with Crippen LogP contribution in [0.3, 0.4) is 0 Å². The molecule has 9 heavy (non-hydrogen) atoms. The minimum atomic E-state index is 0.287. The highest BCUT2D eigenvalue weighted by atomic mass is 16.5. The first-order valence-corrected chi connectivity index (χ1v) is 3.14. The Labute approximate surface area is 54.3 Å². The van der Waals surface area contributed by atoms with E-state index < -0.39 is 0 Å². The predicted octanol–water partition coefficient (Wildman–Crippen LogP) is 1.64. The molecule has 0 saturated heterocycles. The molecule has 0 amide bonds. The standard InChI is InChI=1S/C8H8O/c1-2-4-8-7(3-1)5-6-9-8/h1-8H/t7-,8-/m1/s1. The van der Waals surface area contributed by atoms with E-state index in [1.807, 2.05) is 6.08 Å². The quantitative estimate of drug-likeness (QED) is 0.472. The molecule has 0 radical (unpaired) electrons. The van der Waals surface area contributed by atoms with Crippen LogP contribution >= 0.6 is 0 Å². The van der Waals surface area contributed by atoms with Gasteiger partial charge in [0.2, 0.25) is 0 Å². The summed E-state index contributed by atoms with van der Waals surface area (Å²) in [5.74, 6) is 0.495. The molecule has 1 heteroatoms. The summed E-state index contributed by atoms with van der Waals surface area (Å²) in [6.07, 6.45) is 12.4. The molecule has 0 unspecified atom stereocenters. The molecule has 0 aromatic carbocycles. The summed E-state index contributed by atoms with van der Waals surface area (Å²) in [6.45, 7) is 0. The Morgan fingerprint density at radius 1 is 1.00 bits per heavy atom. The van der Waals surface area contributed by atoms with Gasteiger partial charge in [0.05, 0.1) is 6.26 Å². The largest absolute Gasteiger partial charge is 0.493 e. The summed E-state index contributed by atoms with van der Waals surface area (Å²) in [5, 5.41) is 0. The molecule has 2 rings (SSSR count). The van der Waals surface area contributed by atoms with Crippen molar-refractivity contribution in [1.29, 1.82) is 0 Å². The van der Waals surface area contributed by atoms with Crippen LogP contribution in [0.5, 0.6) is 0 Å². The monoisotopic (exact) mass is 120 g/mol. The first-order valence-electron chi connectivity index (χ1n) is 3.14. The van der Waals surface area contributed by atoms with Crippen molar-refractivity contribution < 1.29 is 4.74 Å². The van der Waals surface area contributed by atoms with Crippen molar-refractivity contribution in [2.75, 3.05) is 0 Å². The van der Waals surface area contributed by atoms with Gasteiger partial charge in [-0.25, -0.2) is 0 Å². The van der Waals surface area contributed by atoms with Crippen molar-refractivity contribution in [3.05, 3.63) is 36.6 Å². The van der Waals surface area contributed by atoms with Crippen molar-refractivity contribution in [3.63, 3.8) is 0 Å². The highest BCUT2D eigenvalue weighted by Crippen LogP contribution is 2.22. The Morgan fingerprint density at radius 2 is 1.89 bits per heavy atom. The second-order valence-electron chi connectivity index (χ2n) is 2.28. The molecular formula is C8H8O. The molecule has 1 heterocycles. The molecule has 46 valence electrons. The molecule has 0 aromatic heterocycles. The van der Waals surface area contributed by atoms with Crippen molar-refractivity contribution in [1.82, 2.24) is 0 Å². The van der Waals surface area contributed by atoms with Crippen LogP contribution < -0.4 is 0 Å². The average molecular weight is 120 g/mol. The van der Waals surface area contributed by atoms with Crippen LogP contribution in [0, 0.1) is 5.92 Å². The smallest absolute Gasteiger partial charge is 0.126 e. The first-order chi connectivity index (χ1) is 4.47. The van der Waals surface area contributed by atoms with E-state index in [4.69, 9.17) is 4.74 Å². The lowest BCUT2D eigenvalue weighted by Gasteiger charge is -2.12. The van der Waals surface area contributed by atoms with Crippen LogP contribution in [0.1, 0.15) is 0 Å². The van der Waals surface area contributed by atoms with Gasteiger partial charge in [0, 0.05) is 5.92 Å². The second kappa shape index (κ2) is 1.76. The van der Waals surface area contributed by atoms with E-state index in [0.29, 0.717) is 5.92 Å². The first kappa shape index (κ1) is 4.86. The molecule has 2 aliphatic rings. The maximum atomic E-state index is 5.24. The Morgan fingerprint density at radius 3 is 2.78 bits per heavy atom. The minimum Gasteiger partial charge on any atom is -0.493 e. The third-order valence-corrected chi connectivity index (χ3v) is 1.66. The van der Waals surface area contributed by atoms with E-state index in [1.54, 1.807) is 6.26 Å². The van der Waals surface area contributed by atoms with E-state index in [9.17, 15) is 0 Å². The Balaban J connectivity index is 2.25. The van der Waals surface area contributed by atoms with E-state index >= 15 is 0 Å². The number of ether oxygens (including phenoxy) is 1. The second-order valence-corrected chi connectivity index (χ2v) is 2.28. The highest BCUT2D eigenvalue weighted by molar-refractivity contribution is 5.21. The topological polar surface area (TPSA) is 9.23 Å². The predicted molar refractivity (Wildman–Crippen MR) is 35.8 cm³/mol. The molecule has 1 aliphatic heterocycles. The van der Waals surface area contributed by atoms with E-state index in [1.165, 1.54) is 0 Å². The molecule has 0 aromatic rings. The molecule has 0 saturated carbocycles. The number of hydrogen-bond acceptors (Lipinski definition) is 1. The van der Waals surface area contributed by atoms with Gasteiger partial charge in [0.15, 0.2) is 0 Å². The van der Waals surface area contributed by atoms with Crippen LogP contribution in [0.4, 0.5) is 0 Å². The maximum Gasteiger partial charge on any atom is 0.126 e. The zero-order valence-corrected chi connectivity index (χ0v) is 5.03. The summed E-state index contributed by atoms with van der Waals surface area (Å²) in [4.78, 5) is 0. The van der Waals surface area contributed by atoms with Crippen LogP contribution in [0.2, 0.25) is 0 Å². The van der Waals surface area contributed by atoms with E-state index in [2.05, 4.69) is 24.3 Å². The van der Waals surface area contributed by atoms with Crippen LogP contribution in [-0.4, -0.2) is 6.10 Å². The summed E-state index contributed by atoms with van der Waals surface area (Å²) >= 11 is 0. The molecule has 2 atom stereocenters. The molecule has 1 aliphatic carbocycles. The summed E-state index contributed by atoms with van der Waals surface area (Å²) in [5.41, 5.74) is 0. The van der Waals surface area contributed by atoms with Gasteiger partial charge in [-0.15, -0.1) is 0 Å². The fraction of sp³-hybridized carbons (Fsp3) is 0.250. The van der Waals surface area contributed by atoms with Crippen LogP contribution in [0.25, 0.3) is 0 Å².